The van der Waals surface area contributed by atoms with E-state index < -0.39 is 0 Å². The maximum absolute atomic E-state index is 5.86. The molecule has 0 saturated heterocycles. The molecule has 0 aliphatic heterocycles. The first-order chi connectivity index (χ1) is 13.2. The zero-order valence-corrected chi connectivity index (χ0v) is 16.5. The fourth-order valence-electron chi connectivity index (χ4n) is 2.98. The van der Waals surface area contributed by atoms with Crippen molar-refractivity contribution in [1.82, 2.24) is 29.4 Å². The molecule has 4 heterocycles. The van der Waals surface area contributed by atoms with Gasteiger partial charge in [-0.1, -0.05) is 0 Å². The Kier molecular flexibility index (Phi) is 4.66. The van der Waals surface area contributed by atoms with Gasteiger partial charge in [0.1, 0.15) is 0 Å². The molecular weight excluding hydrogens is 394 g/mol. The quantitative estimate of drug-likeness (QED) is 0.487. The number of rotatable bonds is 3. The number of hydrogen-bond acceptors (Lipinski definition) is 6. The average molecular weight is 410 g/mol. The largest absolute Gasteiger partial charge is 0.397 e. The highest BCUT2D eigenvalue weighted by Gasteiger charge is 2.10. The third-order valence-corrected chi connectivity index (χ3v) is 5.24. The van der Waals surface area contributed by atoms with E-state index in [9.17, 15) is 0 Å². The van der Waals surface area contributed by atoms with Crippen LogP contribution in [0.25, 0.3) is 27.7 Å². The van der Waals surface area contributed by atoms with Gasteiger partial charge in [-0.3, -0.25) is 14.1 Å². The van der Waals surface area contributed by atoms with Gasteiger partial charge in [-0.15, -0.1) is 22.6 Å². The second-order valence-electron chi connectivity index (χ2n) is 6.26. The van der Waals surface area contributed by atoms with Gasteiger partial charge in [0.05, 0.1) is 23.6 Å². The molecule has 5 rings (SSSR count). The summed E-state index contributed by atoms with van der Waals surface area (Å²) in [5.41, 5.74) is 10.3. The maximum Gasteiger partial charge on any atom is 0.200 e. The average Bonchev–Trinajstić information content (AvgIpc) is 3.27. The molecule has 1 aromatic carbocycles. The first-order valence-electron chi connectivity index (χ1n) is 8.33. The Morgan fingerprint density at radius 3 is 2.68 bits per heavy atom. The minimum Gasteiger partial charge on any atom is -0.397 e. The second kappa shape index (κ2) is 7.14. The molecule has 7 nitrogen and oxygen atoms in total. The van der Waals surface area contributed by atoms with Crippen LogP contribution in [0.15, 0.2) is 71.2 Å². The zero-order chi connectivity index (χ0) is 18.4. The van der Waals surface area contributed by atoms with Gasteiger partial charge < -0.3 is 5.73 Å². The normalized spacial score (nSPS) is 11.0. The van der Waals surface area contributed by atoms with Gasteiger partial charge in [0.2, 0.25) is 0 Å². The van der Waals surface area contributed by atoms with Crippen LogP contribution in [0.4, 0.5) is 5.69 Å². The number of nitrogens with two attached hydrogens (primary N) is 1. The van der Waals surface area contributed by atoms with Crippen LogP contribution in [0.3, 0.4) is 0 Å². The summed E-state index contributed by atoms with van der Waals surface area (Å²) in [6.45, 7) is 0. The van der Waals surface area contributed by atoms with Crippen molar-refractivity contribution in [2.75, 3.05) is 5.73 Å². The van der Waals surface area contributed by atoms with Gasteiger partial charge in [0.25, 0.3) is 0 Å². The summed E-state index contributed by atoms with van der Waals surface area (Å²) in [5.74, 6) is 0. The molecule has 9 heteroatoms. The van der Waals surface area contributed by atoms with Crippen LogP contribution in [0.5, 0.6) is 0 Å². The van der Waals surface area contributed by atoms with E-state index in [0.717, 1.165) is 37.7 Å². The molecule has 140 valence electrons. The number of pyridine rings is 2. The summed E-state index contributed by atoms with van der Waals surface area (Å²) in [6, 6.07) is 12.0. The predicted molar refractivity (Wildman–Crippen MR) is 113 cm³/mol. The summed E-state index contributed by atoms with van der Waals surface area (Å²) in [4.78, 5) is 5.39. The highest BCUT2D eigenvalue weighted by Crippen LogP contribution is 2.30. The summed E-state index contributed by atoms with van der Waals surface area (Å²) >= 11 is 1.55. The SMILES string of the molecule is Cl.Cn1cc(-c2ccc3nnc(Sc4ccc5ncc(N)cc5c4)n3c2)cn1. The van der Waals surface area contributed by atoms with Crippen molar-refractivity contribution in [3.8, 4) is 11.1 Å². The van der Waals surface area contributed by atoms with Crippen LogP contribution in [0, 0.1) is 0 Å². The Morgan fingerprint density at radius 2 is 1.86 bits per heavy atom. The molecule has 0 radical (unpaired) electrons. The zero-order valence-electron chi connectivity index (χ0n) is 14.9. The predicted octanol–water partition coefficient (Wildman–Crippen LogP) is 3.83. The molecule has 0 amide bonds. The molecule has 0 aliphatic rings. The van der Waals surface area contributed by atoms with E-state index in [1.165, 1.54) is 0 Å². The standard InChI is InChI=1S/C19H15N7S.ClH/c1-25-10-14(8-22-25)12-2-5-18-23-24-19(26(18)11-12)27-16-3-4-17-13(7-16)6-15(20)9-21-17;/h2-11H,20H2,1H3;1H. The molecule has 0 unspecified atom stereocenters. The van der Waals surface area contributed by atoms with E-state index in [4.69, 9.17) is 5.73 Å². The highest BCUT2D eigenvalue weighted by molar-refractivity contribution is 7.99. The number of benzene rings is 1. The molecule has 0 saturated carbocycles. The van der Waals surface area contributed by atoms with E-state index in [2.05, 4.69) is 26.3 Å². The first kappa shape index (κ1) is 18.3. The van der Waals surface area contributed by atoms with Crippen LogP contribution < -0.4 is 5.73 Å². The van der Waals surface area contributed by atoms with Crippen molar-refractivity contribution < 1.29 is 0 Å². The lowest BCUT2D eigenvalue weighted by Crippen LogP contribution is -1.90. The number of nitrogens with zero attached hydrogens (tertiary/aromatic N) is 6. The monoisotopic (exact) mass is 409 g/mol. The molecule has 4 aromatic heterocycles. The molecule has 0 atom stereocenters. The molecule has 0 fully saturated rings. The second-order valence-corrected chi connectivity index (χ2v) is 7.30. The third kappa shape index (κ3) is 3.28. The number of nitrogen functional groups attached to an aromatic ring is 1. The lowest BCUT2D eigenvalue weighted by atomic mass is 10.2. The van der Waals surface area contributed by atoms with Gasteiger partial charge in [-0.2, -0.15) is 5.10 Å². The van der Waals surface area contributed by atoms with Crippen molar-refractivity contribution >= 4 is 46.4 Å². The Hall–Kier alpha value is -3.10. The van der Waals surface area contributed by atoms with Gasteiger partial charge in [-0.05, 0) is 48.2 Å². The minimum atomic E-state index is 0. The van der Waals surface area contributed by atoms with Gasteiger partial charge in [0, 0.05) is 40.8 Å². The molecule has 0 spiro atoms. The number of aryl methyl sites for hydroxylation is 1. The lowest BCUT2D eigenvalue weighted by molar-refractivity contribution is 0.768. The molecular formula is C19H16ClN7S. The first-order valence-corrected chi connectivity index (χ1v) is 9.14. The van der Waals surface area contributed by atoms with Crippen molar-refractivity contribution in [3.05, 3.63) is 61.2 Å². The topological polar surface area (TPSA) is 86.9 Å². The Bertz CT molecular complexity index is 1290. The molecule has 0 aliphatic carbocycles. The van der Waals surface area contributed by atoms with E-state index in [1.54, 1.807) is 22.6 Å². The van der Waals surface area contributed by atoms with Crippen LogP contribution >= 0.6 is 24.2 Å². The number of hydrogen-bond donors (Lipinski definition) is 1. The Morgan fingerprint density at radius 1 is 0.964 bits per heavy atom. The lowest BCUT2D eigenvalue weighted by Gasteiger charge is -2.04. The van der Waals surface area contributed by atoms with Crippen LogP contribution in [-0.4, -0.2) is 29.4 Å². The fourth-order valence-corrected chi connectivity index (χ4v) is 3.84. The Labute approximate surface area is 171 Å². The summed E-state index contributed by atoms with van der Waals surface area (Å²) in [7, 11) is 1.91. The van der Waals surface area contributed by atoms with Gasteiger partial charge in [-0.25, -0.2) is 0 Å². The maximum atomic E-state index is 5.86. The smallest absolute Gasteiger partial charge is 0.200 e. The molecule has 28 heavy (non-hydrogen) atoms. The van der Waals surface area contributed by atoms with Crippen LogP contribution in [0.1, 0.15) is 0 Å². The van der Waals surface area contributed by atoms with Crippen molar-refractivity contribution in [2.24, 2.45) is 7.05 Å². The highest BCUT2D eigenvalue weighted by atomic mass is 35.5. The van der Waals surface area contributed by atoms with Crippen molar-refractivity contribution in [3.63, 3.8) is 0 Å². The summed E-state index contributed by atoms with van der Waals surface area (Å²) in [6.07, 6.45) is 7.54. The molecule has 5 aromatic rings. The minimum absolute atomic E-state index is 0. The van der Waals surface area contributed by atoms with Crippen molar-refractivity contribution in [2.45, 2.75) is 10.1 Å². The summed E-state index contributed by atoms with van der Waals surface area (Å²) < 4.78 is 3.78. The Balaban J connectivity index is 0.00000192. The third-order valence-electron chi connectivity index (χ3n) is 4.29. The van der Waals surface area contributed by atoms with Crippen LogP contribution in [0.2, 0.25) is 0 Å². The van der Waals surface area contributed by atoms with Gasteiger partial charge in [0.15, 0.2) is 10.8 Å². The van der Waals surface area contributed by atoms with E-state index in [0.29, 0.717) is 5.69 Å². The summed E-state index contributed by atoms with van der Waals surface area (Å²) in [5, 5.41) is 14.7. The van der Waals surface area contributed by atoms with Crippen LogP contribution in [-0.2, 0) is 7.05 Å². The molecule has 0 bridgehead atoms. The number of anilines is 1. The fraction of sp³-hybridized carbons (Fsp3) is 0.0526. The van der Waals surface area contributed by atoms with E-state index >= 15 is 0 Å². The number of aromatic nitrogens is 6. The van der Waals surface area contributed by atoms with Crippen molar-refractivity contribution in [1.29, 1.82) is 0 Å². The van der Waals surface area contributed by atoms with E-state index in [-0.39, 0.29) is 12.4 Å². The number of halogens is 1. The van der Waals surface area contributed by atoms with Gasteiger partial charge >= 0.3 is 0 Å². The van der Waals surface area contributed by atoms with E-state index in [1.807, 2.05) is 60.4 Å². The molecule has 2 N–H and O–H groups in total. The number of fused-ring (bicyclic) bond motifs is 2.